The Kier molecular flexibility index (Phi) is 5.88. The second-order valence-electron chi connectivity index (χ2n) is 6.42. The molecule has 2 aromatic heterocycles. The number of nitrogens with zero attached hydrogens (tertiary/aromatic N) is 2. The number of urea groups is 1. The van der Waals surface area contributed by atoms with Gasteiger partial charge >= 0.3 is 6.03 Å². The van der Waals surface area contributed by atoms with Crippen molar-refractivity contribution in [2.24, 2.45) is 0 Å². The predicted octanol–water partition coefficient (Wildman–Crippen LogP) is 5.10. The molecule has 0 spiro atoms. The molecule has 29 heavy (non-hydrogen) atoms. The summed E-state index contributed by atoms with van der Waals surface area (Å²) >= 11 is 7.69. The summed E-state index contributed by atoms with van der Waals surface area (Å²) in [6, 6.07) is 15.2. The zero-order chi connectivity index (χ0) is 20.1. The van der Waals surface area contributed by atoms with Crippen LogP contribution in [0.1, 0.15) is 16.1 Å². The molecule has 2 amide bonds. The van der Waals surface area contributed by atoms with Crippen molar-refractivity contribution >= 4 is 34.7 Å². The summed E-state index contributed by atoms with van der Waals surface area (Å²) in [4.78, 5) is 16.7. The lowest BCUT2D eigenvalue weighted by molar-refractivity contribution is 0.251. The van der Waals surface area contributed by atoms with Crippen LogP contribution in [0.5, 0.6) is 0 Å². The molecule has 0 unspecified atom stereocenters. The van der Waals surface area contributed by atoms with Gasteiger partial charge in [-0.1, -0.05) is 35.9 Å². The molecular weight excluding hydrogens is 406 g/mol. The number of carbonyl (C=O) groups excluding carboxylic acids is 1. The van der Waals surface area contributed by atoms with Crippen LogP contribution in [-0.2, 0) is 13.0 Å². The monoisotopic (exact) mass is 423 g/mol. The van der Waals surface area contributed by atoms with Crippen LogP contribution in [0.3, 0.4) is 0 Å². The highest BCUT2D eigenvalue weighted by Gasteiger charge is 2.07. The van der Waals surface area contributed by atoms with Gasteiger partial charge in [-0.2, -0.15) is 5.10 Å². The molecule has 0 atom stereocenters. The Labute approximate surface area is 177 Å². The van der Waals surface area contributed by atoms with Crippen molar-refractivity contribution < 1.29 is 4.79 Å². The van der Waals surface area contributed by atoms with Crippen LogP contribution < -0.4 is 10.6 Å². The normalized spacial score (nSPS) is 10.7. The molecule has 3 N–H and O–H groups in total. The molecule has 0 aliphatic carbocycles. The largest absolute Gasteiger partial charge is 0.334 e. The summed E-state index contributed by atoms with van der Waals surface area (Å²) in [6.07, 6.45) is 4.15. The molecule has 6 nitrogen and oxygen atoms in total. The minimum atomic E-state index is -0.259. The molecule has 0 bridgehead atoms. The van der Waals surface area contributed by atoms with E-state index in [9.17, 15) is 4.79 Å². The van der Waals surface area contributed by atoms with Gasteiger partial charge in [-0.15, -0.1) is 11.3 Å². The second-order valence-corrected chi connectivity index (χ2v) is 7.80. The van der Waals surface area contributed by atoms with E-state index in [1.54, 1.807) is 23.7 Å². The van der Waals surface area contributed by atoms with Gasteiger partial charge in [-0.3, -0.25) is 5.10 Å². The van der Waals surface area contributed by atoms with Gasteiger partial charge in [-0.25, -0.2) is 9.78 Å². The average molecular weight is 424 g/mol. The third-order valence-electron chi connectivity index (χ3n) is 4.25. The van der Waals surface area contributed by atoms with Crippen molar-refractivity contribution in [1.29, 1.82) is 0 Å². The fourth-order valence-electron chi connectivity index (χ4n) is 2.78. The zero-order valence-electron chi connectivity index (χ0n) is 15.4. The van der Waals surface area contributed by atoms with Crippen LogP contribution in [0.2, 0.25) is 5.02 Å². The summed E-state index contributed by atoms with van der Waals surface area (Å²) in [5, 5.41) is 15.9. The van der Waals surface area contributed by atoms with Gasteiger partial charge in [0.05, 0.1) is 16.9 Å². The lowest BCUT2D eigenvalue weighted by Gasteiger charge is -2.07. The second kappa shape index (κ2) is 8.89. The molecule has 0 saturated heterocycles. The Bertz CT molecular complexity index is 1090. The maximum atomic E-state index is 12.0. The van der Waals surface area contributed by atoms with Gasteiger partial charge in [0.1, 0.15) is 0 Å². The zero-order valence-corrected chi connectivity index (χ0v) is 16.9. The van der Waals surface area contributed by atoms with Crippen molar-refractivity contribution in [2.45, 2.75) is 13.0 Å². The van der Waals surface area contributed by atoms with Gasteiger partial charge in [-0.05, 0) is 29.8 Å². The molecular formula is C21H18ClN5OS. The number of nitrogens with one attached hydrogen (secondary N) is 3. The first-order chi connectivity index (χ1) is 14.2. The van der Waals surface area contributed by atoms with Crippen LogP contribution >= 0.6 is 22.9 Å². The molecule has 2 heterocycles. The Morgan fingerprint density at radius 3 is 2.76 bits per heavy atom. The van der Waals surface area contributed by atoms with Crippen LogP contribution in [0, 0.1) is 0 Å². The maximum absolute atomic E-state index is 12.0. The molecule has 2 aromatic carbocycles. The quantitative estimate of drug-likeness (QED) is 0.403. The molecule has 0 aliphatic heterocycles. The number of halogens is 1. The number of hydrogen-bond donors (Lipinski definition) is 3. The fourth-order valence-corrected chi connectivity index (χ4v) is 3.81. The lowest BCUT2D eigenvalue weighted by atomic mass is 10.1. The summed E-state index contributed by atoms with van der Waals surface area (Å²) in [7, 11) is 0. The van der Waals surface area contributed by atoms with E-state index in [-0.39, 0.29) is 6.03 Å². The number of aromatic amines is 1. The van der Waals surface area contributed by atoms with E-state index in [0.29, 0.717) is 11.6 Å². The minimum Gasteiger partial charge on any atom is -0.334 e. The smallest absolute Gasteiger partial charge is 0.319 e. The van der Waals surface area contributed by atoms with Gasteiger partial charge < -0.3 is 10.6 Å². The number of rotatable bonds is 6. The standard InChI is InChI=1S/C21H18ClN5OS/c22-17-3-1-2-16(9-17)19-13-29-20(27-19)8-14-4-6-18(7-5-14)26-21(28)23-10-15-11-24-25-12-15/h1-7,9,11-13H,8,10H2,(H,24,25)(H2,23,26,28). The maximum Gasteiger partial charge on any atom is 0.319 e. The van der Waals surface area contributed by atoms with Crippen molar-refractivity contribution in [3.05, 3.63) is 87.5 Å². The number of thiazole rings is 1. The Hall–Kier alpha value is -3.16. The molecule has 4 aromatic rings. The van der Waals surface area contributed by atoms with Crippen LogP contribution in [-0.4, -0.2) is 21.2 Å². The number of H-pyrrole nitrogens is 1. The first kappa shape index (κ1) is 19.2. The van der Waals surface area contributed by atoms with Crippen LogP contribution in [0.15, 0.2) is 66.3 Å². The first-order valence-electron chi connectivity index (χ1n) is 8.97. The van der Waals surface area contributed by atoms with Gasteiger partial charge in [0.15, 0.2) is 0 Å². The summed E-state index contributed by atoms with van der Waals surface area (Å²) < 4.78 is 0. The Morgan fingerprint density at radius 1 is 1.14 bits per heavy atom. The molecule has 0 saturated carbocycles. The summed E-state index contributed by atoms with van der Waals surface area (Å²) in [6.45, 7) is 0.416. The van der Waals surface area contributed by atoms with Gasteiger partial charge in [0.25, 0.3) is 0 Å². The van der Waals surface area contributed by atoms with E-state index in [1.807, 2.05) is 53.9 Å². The topological polar surface area (TPSA) is 82.7 Å². The minimum absolute atomic E-state index is 0.259. The number of benzene rings is 2. The summed E-state index contributed by atoms with van der Waals surface area (Å²) in [5.41, 5.74) is 4.72. The summed E-state index contributed by atoms with van der Waals surface area (Å²) in [5.74, 6) is 0. The molecule has 0 aliphatic rings. The SMILES string of the molecule is O=C(NCc1cn[nH]c1)Nc1ccc(Cc2nc(-c3cccc(Cl)c3)cs2)cc1. The van der Waals surface area contributed by atoms with Crippen LogP contribution in [0.4, 0.5) is 10.5 Å². The van der Waals surface area contributed by atoms with Crippen molar-refractivity contribution in [3.63, 3.8) is 0 Å². The predicted molar refractivity (Wildman–Crippen MR) is 116 cm³/mol. The number of aromatic nitrogens is 3. The first-order valence-corrected chi connectivity index (χ1v) is 10.2. The van der Waals surface area contributed by atoms with E-state index in [4.69, 9.17) is 16.6 Å². The number of anilines is 1. The average Bonchev–Trinajstić information content (AvgIpc) is 3.40. The molecule has 4 rings (SSSR count). The highest BCUT2D eigenvalue weighted by molar-refractivity contribution is 7.10. The van der Waals surface area contributed by atoms with Crippen molar-refractivity contribution in [3.8, 4) is 11.3 Å². The molecule has 0 radical (unpaired) electrons. The third-order valence-corrected chi connectivity index (χ3v) is 5.33. The lowest BCUT2D eigenvalue weighted by Crippen LogP contribution is -2.27. The Balaban J connectivity index is 1.33. The fraction of sp³-hybridized carbons (Fsp3) is 0.0952. The molecule has 8 heteroatoms. The van der Waals surface area contributed by atoms with Gasteiger partial charge in [0.2, 0.25) is 0 Å². The third kappa shape index (κ3) is 5.22. The Morgan fingerprint density at radius 2 is 2.00 bits per heavy atom. The highest BCUT2D eigenvalue weighted by Crippen LogP contribution is 2.25. The van der Waals surface area contributed by atoms with E-state index < -0.39 is 0 Å². The number of carbonyl (C=O) groups is 1. The van der Waals surface area contributed by atoms with Crippen LogP contribution in [0.25, 0.3) is 11.3 Å². The van der Waals surface area contributed by atoms with Gasteiger partial charge in [0, 0.05) is 46.4 Å². The molecule has 146 valence electrons. The highest BCUT2D eigenvalue weighted by atomic mass is 35.5. The number of hydrogen-bond acceptors (Lipinski definition) is 4. The van der Waals surface area contributed by atoms with E-state index in [2.05, 4.69) is 20.8 Å². The van der Waals surface area contributed by atoms with E-state index >= 15 is 0 Å². The van der Waals surface area contributed by atoms with E-state index in [1.165, 1.54) is 0 Å². The number of amides is 2. The molecule has 0 fully saturated rings. The van der Waals surface area contributed by atoms with Crippen molar-refractivity contribution in [2.75, 3.05) is 5.32 Å². The van der Waals surface area contributed by atoms with E-state index in [0.717, 1.165) is 39.5 Å². The van der Waals surface area contributed by atoms with Crippen molar-refractivity contribution in [1.82, 2.24) is 20.5 Å².